The van der Waals surface area contributed by atoms with E-state index in [-0.39, 0.29) is 6.23 Å². The van der Waals surface area contributed by atoms with Gasteiger partial charge >= 0.3 is 0 Å². The Balaban J connectivity index is 1.70. The molecule has 1 aliphatic heterocycles. The first-order valence-corrected chi connectivity index (χ1v) is 9.56. The number of hydrogen-bond donors (Lipinski definition) is 1. The normalized spacial score (nSPS) is 15.2. The van der Waals surface area contributed by atoms with Crippen LogP contribution >= 0.6 is 11.8 Å². The van der Waals surface area contributed by atoms with Crippen molar-refractivity contribution in [1.82, 2.24) is 15.2 Å². The van der Waals surface area contributed by atoms with E-state index < -0.39 is 0 Å². The van der Waals surface area contributed by atoms with Gasteiger partial charge in [0.1, 0.15) is 0 Å². The Morgan fingerprint density at radius 2 is 1.89 bits per heavy atom. The molecule has 6 heteroatoms. The molecular formula is C21H18N4OS. The van der Waals surface area contributed by atoms with E-state index in [1.165, 1.54) is 11.8 Å². The summed E-state index contributed by atoms with van der Waals surface area (Å²) in [7, 11) is 0. The number of benzene rings is 2. The molecule has 134 valence electrons. The van der Waals surface area contributed by atoms with E-state index in [2.05, 4.69) is 27.1 Å². The molecule has 2 aromatic carbocycles. The van der Waals surface area contributed by atoms with Gasteiger partial charge in [0.05, 0.1) is 0 Å². The van der Waals surface area contributed by atoms with Crippen LogP contribution in [0.25, 0.3) is 17.3 Å². The fraction of sp³-hybridized carbons (Fsp3) is 0.0952. The van der Waals surface area contributed by atoms with Crippen LogP contribution in [0.15, 0.2) is 78.5 Å². The second-order valence-electron chi connectivity index (χ2n) is 5.85. The molecule has 0 fully saturated rings. The van der Waals surface area contributed by atoms with Gasteiger partial charge in [-0.15, -0.1) is 16.8 Å². The van der Waals surface area contributed by atoms with Crippen LogP contribution in [0.1, 0.15) is 5.56 Å². The molecule has 3 aromatic rings. The summed E-state index contributed by atoms with van der Waals surface area (Å²) in [5.41, 5.74) is 3.59. The fourth-order valence-electron chi connectivity index (χ4n) is 2.71. The number of nitrogens with zero attached hydrogens (tertiary/aromatic N) is 3. The Morgan fingerprint density at radius 1 is 1.07 bits per heavy atom. The topological polar surface area (TPSA) is 59.9 Å². The highest BCUT2D eigenvalue weighted by Crippen LogP contribution is 2.36. The van der Waals surface area contributed by atoms with Crippen LogP contribution in [-0.2, 0) is 0 Å². The summed E-state index contributed by atoms with van der Waals surface area (Å²) in [5, 5.41) is 12.6. The van der Waals surface area contributed by atoms with Gasteiger partial charge in [0.2, 0.25) is 11.0 Å². The summed E-state index contributed by atoms with van der Waals surface area (Å²) in [4.78, 5) is 4.56. The minimum atomic E-state index is -0.374. The maximum atomic E-state index is 6.13. The molecule has 0 amide bonds. The fourth-order valence-corrected chi connectivity index (χ4v) is 3.23. The molecule has 0 spiro atoms. The van der Waals surface area contributed by atoms with E-state index >= 15 is 0 Å². The number of nitrogens with one attached hydrogen (secondary N) is 1. The van der Waals surface area contributed by atoms with Crippen LogP contribution in [-0.4, -0.2) is 27.2 Å². The summed E-state index contributed by atoms with van der Waals surface area (Å²) < 4.78 is 6.13. The Bertz CT molecular complexity index is 975. The zero-order valence-electron chi connectivity index (χ0n) is 14.6. The average molecular weight is 374 g/mol. The van der Waals surface area contributed by atoms with Crippen LogP contribution in [0.3, 0.4) is 0 Å². The van der Waals surface area contributed by atoms with Crippen molar-refractivity contribution in [2.75, 3.05) is 11.1 Å². The maximum absolute atomic E-state index is 6.13. The Labute approximate surface area is 162 Å². The highest BCUT2D eigenvalue weighted by Gasteiger charge is 2.23. The molecular weight excluding hydrogens is 356 g/mol. The van der Waals surface area contributed by atoms with Crippen molar-refractivity contribution in [2.45, 2.75) is 11.4 Å². The van der Waals surface area contributed by atoms with E-state index in [0.717, 1.165) is 16.8 Å². The van der Waals surface area contributed by atoms with E-state index in [4.69, 9.17) is 4.74 Å². The first-order chi connectivity index (χ1) is 13.3. The van der Waals surface area contributed by atoms with Crippen molar-refractivity contribution in [2.24, 2.45) is 0 Å². The summed E-state index contributed by atoms with van der Waals surface area (Å²) >= 11 is 1.47. The summed E-state index contributed by atoms with van der Waals surface area (Å²) in [6.45, 7) is 3.73. The molecule has 0 unspecified atom stereocenters. The van der Waals surface area contributed by atoms with Crippen molar-refractivity contribution in [1.29, 1.82) is 0 Å². The summed E-state index contributed by atoms with van der Waals surface area (Å²) in [5.74, 6) is 1.18. The second kappa shape index (κ2) is 8.05. The molecule has 0 saturated heterocycles. The van der Waals surface area contributed by atoms with Crippen molar-refractivity contribution >= 4 is 23.5 Å². The van der Waals surface area contributed by atoms with E-state index in [0.29, 0.717) is 22.5 Å². The van der Waals surface area contributed by atoms with Crippen molar-refractivity contribution < 1.29 is 4.74 Å². The number of ether oxygens (including phenoxy) is 1. The number of aromatic nitrogens is 3. The minimum Gasteiger partial charge on any atom is -0.448 e. The first-order valence-electron chi connectivity index (χ1n) is 8.58. The molecule has 0 saturated carbocycles. The minimum absolute atomic E-state index is 0.374. The van der Waals surface area contributed by atoms with Gasteiger partial charge in [-0.3, -0.25) is 0 Å². The lowest BCUT2D eigenvalue weighted by atomic mass is 10.1. The highest BCUT2D eigenvalue weighted by molar-refractivity contribution is 7.99. The molecule has 1 aliphatic rings. The third kappa shape index (κ3) is 4.01. The van der Waals surface area contributed by atoms with Gasteiger partial charge in [0.15, 0.2) is 11.9 Å². The van der Waals surface area contributed by atoms with Gasteiger partial charge in [-0.25, -0.2) is 0 Å². The monoisotopic (exact) mass is 374 g/mol. The second-order valence-corrected chi connectivity index (χ2v) is 6.83. The molecule has 27 heavy (non-hydrogen) atoms. The molecule has 1 N–H and O–H groups in total. The predicted octanol–water partition coefficient (Wildman–Crippen LogP) is 4.66. The largest absolute Gasteiger partial charge is 0.448 e. The van der Waals surface area contributed by atoms with Crippen molar-refractivity contribution in [3.63, 3.8) is 0 Å². The van der Waals surface area contributed by atoms with Crippen molar-refractivity contribution in [3.05, 3.63) is 78.9 Å². The number of rotatable bonds is 5. The predicted molar refractivity (Wildman–Crippen MR) is 110 cm³/mol. The SMILES string of the molecule is C=CCSc1nnc2c(n1)O[C@@H](/C=C/c1ccccc1)Nc1ccccc1-2. The molecule has 0 radical (unpaired) electrons. The Kier molecular flexibility index (Phi) is 5.16. The third-order valence-electron chi connectivity index (χ3n) is 3.95. The van der Waals surface area contributed by atoms with Gasteiger partial charge in [0, 0.05) is 17.0 Å². The van der Waals surface area contributed by atoms with Crippen LogP contribution in [0.5, 0.6) is 5.88 Å². The van der Waals surface area contributed by atoms with E-state index in [1.807, 2.05) is 72.8 Å². The summed E-state index contributed by atoms with van der Waals surface area (Å²) in [6.07, 6.45) is 5.43. The number of anilines is 1. The number of thioether (sulfide) groups is 1. The van der Waals surface area contributed by atoms with Gasteiger partial charge < -0.3 is 10.1 Å². The lowest BCUT2D eigenvalue weighted by molar-refractivity contribution is 0.266. The smallest absolute Gasteiger partial charge is 0.247 e. The van der Waals surface area contributed by atoms with E-state index in [1.54, 1.807) is 0 Å². The van der Waals surface area contributed by atoms with Gasteiger partial charge in [-0.2, -0.15) is 4.98 Å². The molecule has 0 bridgehead atoms. The van der Waals surface area contributed by atoms with Gasteiger partial charge in [-0.1, -0.05) is 72.4 Å². The van der Waals surface area contributed by atoms with Crippen molar-refractivity contribution in [3.8, 4) is 17.1 Å². The van der Waals surface area contributed by atoms with Gasteiger partial charge in [-0.05, 0) is 17.7 Å². The quantitative estimate of drug-likeness (QED) is 0.518. The third-order valence-corrected chi connectivity index (χ3v) is 4.78. The first kappa shape index (κ1) is 17.3. The number of hydrogen-bond acceptors (Lipinski definition) is 6. The lowest BCUT2D eigenvalue weighted by Crippen LogP contribution is -2.23. The standard InChI is InChI=1S/C21H18N4OS/c1-2-14-27-21-23-20-19(24-25-21)16-10-6-7-11-17(16)22-18(26-20)13-12-15-8-4-3-5-9-15/h2-13,18,22H,1,14H2/b13-12+/t18-/m0/s1. The zero-order valence-corrected chi connectivity index (χ0v) is 15.4. The number of para-hydroxylation sites is 1. The highest BCUT2D eigenvalue weighted by atomic mass is 32.2. The molecule has 2 heterocycles. The molecule has 1 atom stereocenters. The van der Waals surface area contributed by atoms with Crippen LogP contribution in [0.4, 0.5) is 5.69 Å². The maximum Gasteiger partial charge on any atom is 0.247 e. The Hall–Kier alpha value is -3.12. The van der Waals surface area contributed by atoms with Gasteiger partial charge in [0.25, 0.3) is 0 Å². The summed E-state index contributed by atoms with van der Waals surface area (Å²) in [6, 6.07) is 18.0. The number of fused-ring (bicyclic) bond motifs is 3. The molecule has 1 aromatic heterocycles. The van der Waals surface area contributed by atoms with E-state index in [9.17, 15) is 0 Å². The van der Waals surface area contributed by atoms with Crippen LogP contribution < -0.4 is 10.1 Å². The Morgan fingerprint density at radius 3 is 2.74 bits per heavy atom. The lowest BCUT2D eigenvalue weighted by Gasteiger charge is -2.15. The zero-order chi connectivity index (χ0) is 18.5. The molecule has 5 nitrogen and oxygen atoms in total. The molecule has 4 rings (SSSR count). The molecule has 0 aliphatic carbocycles. The van der Waals surface area contributed by atoms with Crippen LogP contribution in [0, 0.1) is 0 Å². The average Bonchev–Trinajstić information content (AvgIpc) is 2.87. The van der Waals surface area contributed by atoms with Crippen LogP contribution in [0.2, 0.25) is 0 Å².